The molecule has 0 spiro atoms. The minimum Gasteiger partial charge on any atom is -0.491 e. The Hall–Kier alpha value is -2.62. The quantitative estimate of drug-likeness (QED) is 0.323. The van der Waals surface area contributed by atoms with Crippen LogP contribution in [0.5, 0.6) is 11.5 Å². The van der Waals surface area contributed by atoms with Crippen LogP contribution >= 0.6 is 0 Å². The van der Waals surface area contributed by atoms with Gasteiger partial charge >= 0.3 is 0 Å². The summed E-state index contributed by atoms with van der Waals surface area (Å²) in [5, 5.41) is 9.53. The Balaban J connectivity index is 1.39. The fourth-order valence-electron chi connectivity index (χ4n) is 4.66. The summed E-state index contributed by atoms with van der Waals surface area (Å²) < 4.78 is 12.3. The fraction of sp³-hybridized carbons (Fsp3) is 0.600. The molecular weight excluding hydrogens is 432 g/mol. The van der Waals surface area contributed by atoms with Gasteiger partial charge in [-0.15, -0.1) is 0 Å². The summed E-state index contributed by atoms with van der Waals surface area (Å²) in [4.78, 5) is 19.1. The van der Waals surface area contributed by atoms with Crippen LogP contribution in [0.15, 0.2) is 34.8 Å². The second-order valence-electron chi connectivity index (χ2n) is 9.26. The van der Waals surface area contributed by atoms with Gasteiger partial charge in [0.1, 0.15) is 11.4 Å². The SMILES string of the molecule is CC(=O)NC1=C(C=NC2CCC(CN)CC2)Oc2cccc(OCCCN3CCNCC3)c2N1. The lowest BCUT2D eigenvalue weighted by Gasteiger charge is -2.27. The van der Waals surface area contributed by atoms with Crippen molar-refractivity contribution in [1.29, 1.82) is 0 Å². The van der Waals surface area contributed by atoms with Gasteiger partial charge in [-0.3, -0.25) is 9.79 Å². The van der Waals surface area contributed by atoms with Crippen molar-refractivity contribution in [1.82, 2.24) is 15.5 Å². The molecule has 2 fully saturated rings. The number of benzene rings is 1. The molecule has 0 atom stereocenters. The molecule has 1 aromatic rings. The monoisotopic (exact) mass is 470 g/mol. The number of carbonyl (C=O) groups is 1. The van der Waals surface area contributed by atoms with Gasteiger partial charge in [0, 0.05) is 39.6 Å². The predicted molar refractivity (Wildman–Crippen MR) is 134 cm³/mol. The summed E-state index contributed by atoms with van der Waals surface area (Å²) in [6, 6.07) is 5.98. The zero-order valence-corrected chi connectivity index (χ0v) is 20.1. The molecule has 9 nitrogen and oxygen atoms in total. The van der Waals surface area contributed by atoms with E-state index in [4.69, 9.17) is 20.2 Å². The van der Waals surface area contributed by atoms with E-state index in [1.54, 1.807) is 6.21 Å². The number of nitrogens with two attached hydrogens (primary N) is 1. The van der Waals surface area contributed by atoms with Crippen LogP contribution in [-0.2, 0) is 4.79 Å². The lowest BCUT2D eigenvalue weighted by atomic mass is 9.86. The highest BCUT2D eigenvalue weighted by molar-refractivity contribution is 5.86. The van der Waals surface area contributed by atoms with Crippen molar-refractivity contribution >= 4 is 17.8 Å². The molecule has 1 amide bonds. The van der Waals surface area contributed by atoms with E-state index in [2.05, 4.69) is 20.9 Å². The average Bonchev–Trinajstić information content (AvgIpc) is 2.86. The van der Waals surface area contributed by atoms with Crippen LogP contribution in [0, 0.1) is 5.92 Å². The van der Waals surface area contributed by atoms with Gasteiger partial charge in [0.15, 0.2) is 17.3 Å². The molecule has 0 bridgehead atoms. The number of carbonyl (C=O) groups excluding carboxylic acids is 1. The number of anilines is 1. The highest BCUT2D eigenvalue weighted by atomic mass is 16.5. The van der Waals surface area contributed by atoms with Crippen molar-refractivity contribution in [2.75, 3.05) is 51.2 Å². The first-order valence-corrected chi connectivity index (χ1v) is 12.5. The first-order valence-electron chi connectivity index (χ1n) is 12.5. The number of allylic oxidation sites excluding steroid dienone is 1. The molecule has 1 saturated heterocycles. The van der Waals surface area contributed by atoms with Crippen molar-refractivity contribution in [2.24, 2.45) is 16.6 Å². The number of amides is 1. The lowest BCUT2D eigenvalue weighted by Crippen LogP contribution is -2.43. The van der Waals surface area contributed by atoms with E-state index in [-0.39, 0.29) is 11.9 Å². The fourth-order valence-corrected chi connectivity index (χ4v) is 4.66. The van der Waals surface area contributed by atoms with Crippen molar-refractivity contribution in [3.63, 3.8) is 0 Å². The Morgan fingerprint density at radius 2 is 2.09 bits per heavy atom. The Bertz CT molecular complexity index is 889. The Labute approximate surface area is 202 Å². The van der Waals surface area contributed by atoms with E-state index in [1.165, 1.54) is 6.92 Å². The third-order valence-corrected chi connectivity index (χ3v) is 6.64. The molecule has 2 aliphatic heterocycles. The number of fused-ring (bicyclic) bond motifs is 1. The average molecular weight is 471 g/mol. The summed E-state index contributed by atoms with van der Waals surface area (Å²) in [5.74, 6) is 2.77. The normalized spacial score (nSPS) is 23.2. The van der Waals surface area contributed by atoms with E-state index in [0.717, 1.165) is 71.4 Å². The van der Waals surface area contributed by atoms with Gasteiger partial charge in [0.05, 0.1) is 18.9 Å². The third-order valence-electron chi connectivity index (χ3n) is 6.64. The van der Waals surface area contributed by atoms with E-state index in [9.17, 15) is 4.79 Å². The summed E-state index contributed by atoms with van der Waals surface area (Å²) >= 11 is 0. The number of para-hydroxylation sites is 1. The van der Waals surface area contributed by atoms with Crippen LogP contribution in [-0.4, -0.2) is 68.9 Å². The van der Waals surface area contributed by atoms with Crippen LogP contribution in [0.2, 0.25) is 0 Å². The van der Waals surface area contributed by atoms with E-state index < -0.39 is 0 Å². The van der Waals surface area contributed by atoms with Gasteiger partial charge in [-0.1, -0.05) is 6.07 Å². The zero-order chi connectivity index (χ0) is 23.8. The number of hydrogen-bond acceptors (Lipinski definition) is 8. The minimum atomic E-state index is -0.182. The van der Waals surface area contributed by atoms with Gasteiger partial charge in [-0.25, -0.2) is 0 Å². The molecule has 1 aliphatic carbocycles. The maximum Gasteiger partial charge on any atom is 0.222 e. The van der Waals surface area contributed by atoms with Gasteiger partial charge in [0.25, 0.3) is 0 Å². The molecule has 0 radical (unpaired) electrons. The molecule has 1 aromatic carbocycles. The number of rotatable bonds is 9. The molecule has 3 aliphatic rings. The predicted octanol–water partition coefficient (Wildman–Crippen LogP) is 2.06. The number of ether oxygens (including phenoxy) is 2. The lowest BCUT2D eigenvalue weighted by molar-refractivity contribution is -0.118. The highest BCUT2D eigenvalue weighted by Gasteiger charge is 2.24. The van der Waals surface area contributed by atoms with Crippen LogP contribution < -0.4 is 31.2 Å². The molecule has 186 valence electrons. The van der Waals surface area contributed by atoms with Crippen LogP contribution in [0.25, 0.3) is 0 Å². The standard InChI is InChI=1S/C25H38N6O3/c1-18(32)29-25-23(17-28-20-8-6-19(16-26)7-9-20)34-22-5-2-4-21(24(22)30-25)33-15-3-12-31-13-10-27-11-14-31/h2,4-5,17,19-20,27,30H,3,6-16,26H2,1H3,(H,29,32). The molecule has 4 rings (SSSR count). The summed E-state index contributed by atoms with van der Waals surface area (Å²) in [6.07, 6.45) is 6.94. The van der Waals surface area contributed by atoms with Gasteiger partial charge < -0.3 is 36.1 Å². The van der Waals surface area contributed by atoms with Gasteiger partial charge in [0.2, 0.25) is 5.91 Å². The number of aliphatic imine (C=N–C) groups is 1. The molecular formula is C25H38N6O3. The summed E-state index contributed by atoms with van der Waals surface area (Å²) in [6.45, 7) is 8.12. The molecule has 5 N–H and O–H groups in total. The smallest absolute Gasteiger partial charge is 0.222 e. The topological polar surface area (TPSA) is 113 Å². The third kappa shape index (κ3) is 6.71. The number of hydrogen-bond donors (Lipinski definition) is 4. The second kappa shape index (κ2) is 12.2. The van der Waals surface area contributed by atoms with Crippen LogP contribution in [0.3, 0.4) is 0 Å². The van der Waals surface area contributed by atoms with Crippen molar-refractivity contribution in [3.8, 4) is 11.5 Å². The highest BCUT2D eigenvalue weighted by Crippen LogP contribution is 2.39. The zero-order valence-electron chi connectivity index (χ0n) is 20.1. The maximum absolute atomic E-state index is 11.9. The van der Waals surface area contributed by atoms with E-state index in [0.29, 0.717) is 41.3 Å². The second-order valence-corrected chi connectivity index (χ2v) is 9.26. The van der Waals surface area contributed by atoms with Crippen molar-refractivity contribution in [2.45, 2.75) is 45.1 Å². The number of nitrogens with zero attached hydrogens (tertiary/aromatic N) is 2. The van der Waals surface area contributed by atoms with Crippen molar-refractivity contribution in [3.05, 3.63) is 29.8 Å². The van der Waals surface area contributed by atoms with Crippen molar-refractivity contribution < 1.29 is 14.3 Å². The van der Waals surface area contributed by atoms with Crippen LogP contribution in [0.1, 0.15) is 39.0 Å². The Morgan fingerprint density at radius 3 is 2.82 bits per heavy atom. The molecule has 0 aromatic heterocycles. The first-order chi connectivity index (χ1) is 16.6. The Morgan fingerprint density at radius 1 is 1.29 bits per heavy atom. The number of piperazine rings is 1. The molecule has 2 heterocycles. The first kappa shape index (κ1) is 24.5. The molecule has 1 saturated carbocycles. The van der Waals surface area contributed by atoms with E-state index >= 15 is 0 Å². The largest absolute Gasteiger partial charge is 0.491 e. The van der Waals surface area contributed by atoms with Crippen LogP contribution in [0.4, 0.5) is 5.69 Å². The minimum absolute atomic E-state index is 0.182. The Kier molecular flexibility index (Phi) is 8.79. The summed E-state index contributed by atoms with van der Waals surface area (Å²) in [5.41, 5.74) is 6.52. The van der Waals surface area contributed by atoms with E-state index in [1.807, 2.05) is 18.2 Å². The maximum atomic E-state index is 11.9. The molecule has 34 heavy (non-hydrogen) atoms. The van der Waals surface area contributed by atoms with Gasteiger partial charge in [-0.2, -0.15) is 0 Å². The molecule has 9 heteroatoms. The molecule has 0 unspecified atom stereocenters. The van der Waals surface area contributed by atoms with Gasteiger partial charge in [-0.05, 0) is 56.7 Å². The number of nitrogens with one attached hydrogen (secondary N) is 3. The summed E-state index contributed by atoms with van der Waals surface area (Å²) in [7, 11) is 0.